The summed E-state index contributed by atoms with van der Waals surface area (Å²) in [5.41, 5.74) is 1.51. The van der Waals surface area contributed by atoms with Crippen LogP contribution in [0, 0.1) is 0 Å². The molecule has 1 saturated carbocycles. The number of methoxy groups -OCH3 is 1. The summed E-state index contributed by atoms with van der Waals surface area (Å²) >= 11 is 0. The van der Waals surface area contributed by atoms with Crippen molar-refractivity contribution in [1.82, 2.24) is 10.3 Å². The first kappa shape index (κ1) is 17.8. The quantitative estimate of drug-likeness (QED) is 0.851. The van der Waals surface area contributed by atoms with E-state index in [0.29, 0.717) is 13.0 Å². The van der Waals surface area contributed by atoms with Gasteiger partial charge in [-0.1, -0.05) is 6.07 Å². The smallest absolute Gasteiger partial charge is 0.231 e. The van der Waals surface area contributed by atoms with Gasteiger partial charge in [0.25, 0.3) is 0 Å². The Morgan fingerprint density at radius 3 is 2.59 bits per heavy atom. The number of hydrogen-bond acceptors (Lipinski definition) is 4. The second kappa shape index (κ2) is 7.59. The van der Waals surface area contributed by atoms with Gasteiger partial charge in [-0.2, -0.15) is 0 Å². The number of nitrogens with zero attached hydrogens (tertiary/aromatic N) is 1. The summed E-state index contributed by atoms with van der Waals surface area (Å²) in [6.07, 6.45) is 9.79. The molecule has 1 saturated heterocycles. The molecule has 2 aliphatic rings. The lowest BCUT2D eigenvalue weighted by Crippen LogP contribution is -2.37. The molecule has 1 aliphatic heterocycles. The van der Waals surface area contributed by atoms with Crippen LogP contribution in [0.2, 0.25) is 0 Å². The summed E-state index contributed by atoms with van der Waals surface area (Å²) in [7, 11) is 1.66. The summed E-state index contributed by atoms with van der Waals surface area (Å²) in [6.45, 7) is 0.689. The number of aromatic nitrogens is 1. The van der Waals surface area contributed by atoms with Crippen molar-refractivity contribution in [1.29, 1.82) is 0 Å². The van der Waals surface area contributed by atoms with Crippen LogP contribution in [0.1, 0.15) is 43.2 Å². The maximum absolute atomic E-state index is 12.9. The van der Waals surface area contributed by atoms with Crippen molar-refractivity contribution in [3.05, 3.63) is 53.9 Å². The van der Waals surface area contributed by atoms with E-state index in [-0.39, 0.29) is 12.0 Å². The van der Waals surface area contributed by atoms with E-state index in [1.165, 1.54) is 12.8 Å². The zero-order valence-corrected chi connectivity index (χ0v) is 15.7. The molecule has 142 valence electrons. The van der Waals surface area contributed by atoms with Crippen molar-refractivity contribution in [2.45, 2.75) is 50.0 Å². The van der Waals surface area contributed by atoms with Gasteiger partial charge in [-0.15, -0.1) is 0 Å². The number of amides is 1. The monoisotopic (exact) mass is 366 g/mol. The van der Waals surface area contributed by atoms with Gasteiger partial charge in [0.2, 0.25) is 5.91 Å². The summed E-state index contributed by atoms with van der Waals surface area (Å²) in [6, 6.07) is 9.91. The molecule has 5 heteroatoms. The van der Waals surface area contributed by atoms with E-state index in [9.17, 15) is 4.79 Å². The van der Waals surface area contributed by atoms with Crippen molar-refractivity contribution < 1.29 is 14.3 Å². The number of nitrogens with one attached hydrogen (secondary N) is 1. The maximum Gasteiger partial charge on any atom is 0.231 e. The summed E-state index contributed by atoms with van der Waals surface area (Å²) in [5.74, 6) is 1.55. The molecule has 1 aromatic heterocycles. The molecule has 0 spiro atoms. The van der Waals surface area contributed by atoms with Gasteiger partial charge in [-0.3, -0.25) is 9.78 Å². The second-order valence-corrected chi connectivity index (χ2v) is 7.51. The van der Waals surface area contributed by atoms with Crippen molar-refractivity contribution in [2.24, 2.45) is 0 Å². The Morgan fingerprint density at radius 2 is 1.93 bits per heavy atom. The first-order valence-electron chi connectivity index (χ1n) is 9.74. The average molecular weight is 366 g/mol. The standard InChI is InChI=1S/C22H26N2O3/c1-26-19-7-6-17(14-20(19)27-18-4-2-3-5-18)22(10-13-24-21(22)25)15-16-8-11-23-12-9-16/h6-9,11-12,14,18H,2-5,10,13,15H2,1H3,(H,24,25). The minimum atomic E-state index is -0.582. The van der Waals surface area contributed by atoms with E-state index in [4.69, 9.17) is 9.47 Å². The van der Waals surface area contributed by atoms with Gasteiger partial charge in [0.1, 0.15) is 0 Å². The highest BCUT2D eigenvalue weighted by atomic mass is 16.5. The van der Waals surface area contributed by atoms with Gasteiger partial charge in [-0.25, -0.2) is 0 Å². The van der Waals surface area contributed by atoms with Gasteiger partial charge < -0.3 is 14.8 Å². The van der Waals surface area contributed by atoms with E-state index < -0.39 is 5.41 Å². The number of benzene rings is 1. The number of carbonyl (C=O) groups excluding carboxylic acids is 1. The molecule has 2 fully saturated rings. The normalized spacial score (nSPS) is 22.6. The van der Waals surface area contributed by atoms with E-state index >= 15 is 0 Å². The van der Waals surface area contributed by atoms with Crippen molar-refractivity contribution in [3.63, 3.8) is 0 Å². The predicted octanol–water partition coefficient (Wildman–Crippen LogP) is 3.41. The second-order valence-electron chi connectivity index (χ2n) is 7.51. The van der Waals surface area contributed by atoms with E-state index in [1.54, 1.807) is 19.5 Å². The Bertz CT molecular complexity index is 802. The van der Waals surface area contributed by atoms with Crippen molar-refractivity contribution in [3.8, 4) is 11.5 Å². The Morgan fingerprint density at radius 1 is 1.15 bits per heavy atom. The van der Waals surface area contributed by atoms with Gasteiger partial charge in [0.05, 0.1) is 18.6 Å². The van der Waals surface area contributed by atoms with Crippen LogP contribution in [-0.4, -0.2) is 30.6 Å². The first-order chi connectivity index (χ1) is 13.2. The van der Waals surface area contributed by atoms with Crippen LogP contribution in [0.3, 0.4) is 0 Å². The Labute approximate surface area is 160 Å². The van der Waals surface area contributed by atoms with Crippen LogP contribution in [-0.2, 0) is 16.6 Å². The molecule has 0 radical (unpaired) electrons. The highest BCUT2D eigenvalue weighted by Crippen LogP contribution is 2.40. The Balaban J connectivity index is 1.70. The zero-order chi connectivity index (χ0) is 18.7. The average Bonchev–Trinajstić information content (AvgIpc) is 3.33. The fourth-order valence-corrected chi connectivity index (χ4v) is 4.32. The van der Waals surface area contributed by atoms with Gasteiger partial charge in [-0.05, 0) is 73.9 Å². The third kappa shape index (κ3) is 3.51. The molecule has 1 aliphatic carbocycles. The number of carbonyl (C=O) groups is 1. The van der Waals surface area contributed by atoms with Gasteiger partial charge in [0, 0.05) is 18.9 Å². The number of rotatable bonds is 6. The first-order valence-corrected chi connectivity index (χ1v) is 9.74. The minimum absolute atomic E-state index is 0.0799. The third-order valence-corrected chi connectivity index (χ3v) is 5.84. The Hall–Kier alpha value is -2.56. The molecular formula is C22H26N2O3. The third-order valence-electron chi connectivity index (χ3n) is 5.84. The molecule has 1 aromatic carbocycles. The SMILES string of the molecule is COc1ccc(C2(Cc3ccncc3)CCNC2=O)cc1OC1CCCC1. The predicted molar refractivity (Wildman–Crippen MR) is 103 cm³/mol. The van der Waals surface area contributed by atoms with E-state index in [1.807, 2.05) is 30.3 Å². The summed E-state index contributed by atoms with van der Waals surface area (Å²) in [5, 5.41) is 3.02. The van der Waals surface area contributed by atoms with Crippen LogP contribution in [0.15, 0.2) is 42.7 Å². The van der Waals surface area contributed by atoms with E-state index in [2.05, 4.69) is 10.3 Å². The molecule has 1 N–H and O–H groups in total. The zero-order valence-electron chi connectivity index (χ0n) is 15.7. The van der Waals surface area contributed by atoms with Crippen LogP contribution >= 0.6 is 0 Å². The topological polar surface area (TPSA) is 60.5 Å². The molecule has 1 unspecified atom stereocenters. The highest BCUT2D eigenvalue weighted by molar-refractivity contribution is 5.90. The number of ether oxygens (including phenoxy) is 2. The van der Waals surface area contributed by atoms with Gasteiger partial charge in [0.15, 0.2) is 11.5 Å². The van der Waals surface area contributed by atoms with Crippen molar-refractivity contribution in [2.75, 3.05) is 13.7 Å². The fourth-order valence-electron chi connectivity index (χ4n) is 4.32. The lowest BCUT2D eigenvalue weighted by Gasteiger charge is -2.28. The summed E-state index contributed by atoms with van der Waals surface area (Å²) in [4.78, 5) is 17.0. The molecule has 1 atom stereocenters. The van der Waals surface area contributed by atoms with E-state index in [0.717, 1.165) is 41.9 Å². The largest absolute Gasteiger partial charge is 0.493 e. The number of hydrogen-bond donors (Lipinski definition) is 1. The number of pyridine rings is 1. The molecule has 27 heavy (non-hydrogen) atoms. The lowest BCUT2D eigenvalue weighted by atomic mass is 9.74. The molecule has 5 nitrogen and oxygen atoms in total. The maximum atomic E-state index is 12.9. The minimum Gasteiger partial charge on any atom is -0.493 e. The molecule has 0 bridgehead atoms. The molecule has 4 rings (SSSR count). The molecule has 1 amide bonds. The van der Waals surface area contributed by atoms with Crippen LogP contribution in [0.25, 0.3) is 0 Å². The molecule has 2 heterocycles. The van der Waals surface area contributed by atoms with Crippen LogP contribution < -0.4 is 14.8 Å². The molecule has 2 aromatic rings. The van der Waals surface area contributed by atoms with Crippen molar-refractivity contribution >= 4 is 5.91 Å². The molecular weight excluding hydrogens is 340 g/mol. The fraction of sp³-hybridized carbons (Fsp3) is 0.455. The highest BCUT2D eigenvalue weighted by Gasteiger charge is 2.44. The summed E-state index contributed by atoms with van der Waals surface area (Å²) < 4.78 is 11.8. The lowest BCUT2D eigenvalue weighted by molar-refractivity contribution is -0.124. The Kier molecular flexibility index (Phi) is 5.01. The van der Waals surface area contributed by atoms with Crippen LogP contribution in [0.5, 0.6) is 11.5 Å². The van der Waals surface area contributed by atoms with Gasteiger partial charge >= 0.3 is 0 Å². The van der Waals surface area contributed by atoms with Crippen LogP contribution in [0.4, 0.5) is 0 Å².